The Labute approximate surface area is 122 Å². The van der Waals surface area contributed by atoms with Crippen molar-refractivity contribution in [2.75, 3.05) is 0 Å². The highest BCUT2D eigenvalue weighted by molar-refractivity contribution is 9.10. The highest BCUT2D eigenvalue weighted by Crippen LogP contribution is 2.26. The number of hydrogen-bond donors (Lipinski definition) is 0. The Morgan fingerprint density at radius 3 is 2.50 bits per heavy atom. The summed E-state index contributed by atoms with van der Waals surface area (Å²) in [7, 11) is 0. The Kier molecular flexibility index (Phi) is 3.36. The zero-order valence-electron chi connectivity index (χ0n) is 10.2. The van der Waals surface area contributed by atoms with E-state index in [4.69, 9.17) is 0 Å². The standard InChI is InChI=1S/C15H9BrF2N2/c16-15-9-13(10-4-3-5-11(17)8-10)19-20(15)14-7-2-1-6-12(14)18/h1-9H. The van der Waals surface area contributed by atoms with Gasteiger partial charge < -0.3 is 0 Å². The second kappa shape index (κ2) is 5.17. The van der Waals surface area contributed by atoms with E-state index >= 15 is 0 Å². The minimum Gasteiger partial charge on any atom is -0.223 e. The molecule has 0 amide bonds. The largest absolute Gasteiger partial charge is 0.223 e. The van der Waals surface area contributed by atoms with Crippen LogP contribution in [0.2, 0.25) is 0 Å². The number of rotatable bonds is 2. The molecule has 3 rings (SSSR count). The summed E-state index contributed by atoms with van der Waals surface area (Å²) < 4.78 is 29.1. The van der Waals surface area contributed by atoms with Gasteiger partial charge in [0.15, 0.2) is 0 Å². The van der Waals surface area contributed by atoms with E-state index in [1.807, 2.05) is 0 Å². The molecule has 0 aliphatic heterocycles. The summed E-state index contributed by atoms with van der Waals surface area (Å²) in [5.41, 5.74) is 1.54. The molecule has 0 N–H and O–H groups in total. The summed E-state index contributed by atoms with van der Waals surface area (Å²) >= 11 is 3.34. The van der Waals surface area contributed by atoms with E-state index in [2.05, 4.69) is 21.0 Å². The predicted octanol–water partition coefficient (Wildman–Crippen LogP) is 4.58. The number of benzene rings is 2. The lowest BCUT2D eigenvalue weighted by atomic mass is 10.1. The minimum atomic E-state index is -0.373. The van der Waals surface area contributed by atoms with Crippen LogP contribution in [0, 0.1) is 11.6 Å². The normalized spacial score (nSPS) is 10.8. The van der Waals surface area contributed by atoms with Gasteiger partial charge in [-0.05, 0) is 46.3 Å². The summed E-state index contributed by atoms with van der Waals surface area (Å²) in [6, 6.07) is 14.2. The Morgan fingerprint density at radius 2 is 1.75 bits per heavy atom. The third-order valence-corrected chi connectivity index (χ3v) is 3.43. The van der Waals surface area contributed by atoms with E-state index in [1.165, 1.54) is 22.9 Å². The smallest absolute Gasteiger partial charge is 0.148 e. The van der Waals surface area contributed by atoms with Crippen molar-refractivity contribution in [3.8, 4) is 16.9 Å². The lowest BCUT2D eigenvalue weighted by Crippen LogP contribution is -1.99. The summed E-state index contributed by atoms with van der Waals surface area (Å²) in [6.07, 6.45) is 0. The van der Waals surface area contributed by atoms with Crippen molar-refractivity contribution in [3.05, 3.63) is 70.8 Å². The quantitative estimate of drug-likeness (QED) is 0.670. The molecule has 0 spiro atoms. The number of nitrogens with zero attached hydrogens (tertiary/aromatic N) is 2. The van der Waals surface area contributed by atoms with E-state index in [0.29, 0.717) is 21.5 Å². The van der Waals surface area contributed by atoms with Gasteiger partial charge in [-0.1, -0.05) is 24.3 Å². The van der Waals surface area contributed by atoms with Crippen molar-refractivity contribution < 1.29 is 8.78 Å². The van der Waals surface area contributed by atoms with Gasteiger partial charge in [0.1, 0.15) is 21.9 Å². The molecule has 5 heteroatoms. The maximum atomic E-state index is 13.8. The Bertz CT molecular complexity index is 768. The first-order valence-electron chi connectivity index (χ1n) is 5.91. The van der Waals surface area contributed by atoms with Crippen molar-refractivity contribution in [2.45, 2.75) is 0 Å². The number of hydrogen-bond acceptors (Lipinski definition) is 1. The third kappa shape index (κ3) is 2.36. The van der Waals surface area contributed by atoms with Gasteiger partial charge in [-0.3, -0.25) is 0 Å². The molecule has 3 aromatic rings. The fourth-order valence-corrected chi connectivity index (χ4v) is 2.43. The molecule has 2 aromatic carbocycles. The van der Waals surface area contributed by atoms with E-state index in [1.54, 1.807) is 36.4 Å². The zero-order chi connectivity index (χ0) is 14.1. The average Bonchev–Trinajstić information content (AvgIpc) is 2.81. The van der Waals surface area contributed by atoms with Gasteiger partial charge in [0.25, 0.3) is 0 Å². The van der Waals surface area contributed by atoms with Gasteiger partial charge >= 0.3 is 0 Å². The van der Waals surface area contributed by atoms with Crippen molar-refractivity contribution in [1.29, 1.82) is 0 Å². The van der Waals surface area contributed by atoms with Gasteiger partial charge in [-0.25, -0.2) is 13.5 Å². The minimum absolute atomic E-state index is 0.334. The van der Waals surface area contributed by atoms with Crippen LogP contribution in [-0.2, 0) is 0 Å². The van der Waals surface area contributed by atoms with Crippen LogP contribution in [0.15, 0.2) is 59.2 Å². The molecule has 1 heterocycles. The van der Waals surface area contributed by atoms with Crippen LogP contribution < -0.4 is 0 Å². The topological polar surface area (TPSA) is 17.8 Å². The first-order chi connectivity index (χ1) is 9.65. The van der Waals surface area contributed by atoms with Gasteiger partial charge in [0.2, 0.25) is 0 Å². The monoisotopic (exact) mass is 334 g/mol. The highest BCUT2D eigenvalue weighted by atomic mass is 79.9. The van der Waals surface area contributed by atoms with Crippen molar-refractivity contribution in [2.24, 2.45) is 0 Å². The first-order valence-corrected chi connectivity index (χ1v) is 6.71. The second-order valence-corrected chi connectivity index (χ2v) is 5.04. The molecule has 0 saturated heterocycles. The Balaban J connectivity index is 2.10. The summed E-state index contributed by atoms with van der Waals surface area (Å²) in [5, 5.41) is 4.32. The fourth-order valence-electron chi connectivity index (χ4n) is 1.94. The van der Waals surface area contributed by atoms with Crippen LogP contribution in [0.3, 0.4) is 0 Å². The van der Waals surface area contributed by atoms with Crippen LogP contribution >= 0.6 is 15.9 Å². The molecule has 0 unspecified atom stereocenters. The van der Waals surface area contributed by atoms with E-state index in [9.17, 15) is 8.78 Å². The molecule has 0 saturated carbocycles. The van der Waals surface area contributed by atoms with Crippen LogP contribution in [0.5, 0.6) is 0 Å². The van der Waals surface area contributed by atoms with Crippen molar-refractivity contribution in [3.63, 3.8) is 0 Å². The molecule has 0 aliphatic carbocycles. The van der Waals surface area contributed by atoms with Crippen LogP contribution in [0.4, 0.5) is 8.78 Å². The molecule has 0 bridgehead atoms. The van der Waals surface area contributed by atoms with Gasteiger partial charge in [0, 0.05) is 5.56 Å². The van der Waals surface area contributed by atoms with Crippen LogP contribution in [-0.4, -0.2) is 9.78 Å². The zero-order valence-corrected chi connectivity index (χ0v) is 11.8. The lowest BCUT2D eigenvalue weighted by molar-refractivity contribution is 0.609. The molecular formula is C15H9BrF2N2. The van der Waals surface area contributed by atoms with E-state index in [0.717, 1.165) is 0 Å². The van der Waals surface area contributed by atoms with Crippen molar-refractivity contribution in [1.82, 2.24) is 9.78 Å². The van der Waals surface area contributed by atoms with Crippen LogP contribution in [0.25, 0.3) is 16.9 Å². The number of halogens is 3. The molecule has 0 fully saturated rings. The van der Waals surface area contributed by atoms with Gasteiger partial charge in [0.05, 0.1) is 5.69 Å². The van der Waals surface area contributed by atoms with E-state index in [-0.39, 0.29) is 11.6 Å². The molecule has 0 atom stereocenters. The molecule has 20 heavy (non-hydrogen) atoms. The SMILES string of the molecule is Fc1cccc(-c2cc(Br)n(-c3ccccc3F)n2)c1. The number of aromatic nitrogens is 2. The lowest BCUT2D eigenvalue weighted by Gasteiger charge is -2.04. The predicted molar refractivity (Wildman–Crippen MR) is 76.6 cm³/mol. The highest BCUT2D eigenvalue weighted by Gasteiger charge is 2.12. The summed E-state index contributed by atoms with van der Waals surface area (Å²) in [4.78, 5) is 0. The first kappa shape index (κ1) is 13.0. The van der Waals surface area contributed by atoms with Gasteiger partial charge in [-0.15, -0.1) is 0 Å². The molecule has 1 aromatic heterocycles. The molecular weight excluding hydrogens is 326 g/mol. The maximum Gasteiger partial charge on any atom is 0.148 e. The molecule has 0 aliphatic rings. The molecule has 0 radical (unpaired) electrons. The summed E-state index contributed by atoms with van der Waals surface area (Å²) in [6.45, 7) is 0. The van der Waals surface area contributed by atoms with Crippen molar-refractivity contribution >= 4 is 15.9 Å². The Morgan fingerprint density at radius 1 is 0.950 bits per heavy atom. The second-order valence-electron chi connectivity index (χ2n) is 4.23. The van der Waals surface area contributed by atoms with Gasteiger partial charge in [-0.2, -0.15) is 5.10 Å². The third-order valence-electron chi connectivity index (χ3n) is 2.87. The van der Waals surface area contributed by atoms with E-state index < -0.39 is 0 Å². The maximum absolute atomic E-state index is 13.8. The molecule has 2 nitrogen and oxygen atoms in total. The average molecular weight is 335 g/mol. The number of para-hydroxylation sites is 1. The molecule has 100 valence electrons. The Hall–Kier alpha value is -2.01. The van der Waals surface area contributed by atoms with Crippen LogP contribution in [0.1, 0.15) is 0 Å². The fraction of sp³-hybridized carbons (Fsp3) is 0. The summed E-state index contributed by atoms with van der Waals surface area (Å²) in [5.74, 6) is -0.707.